The van der Waals surface area contributed by atoms with Crippen LogP contribution in [0.2, 0.25) is 0 Å². The summed E-state index contributed by atoms with van der Waals surface area (Å²) >= 11 is 0. The van der Waals surface area contributed by atoms with Crippen LogP contribution in [0.1, 0.15) is 25.7 Å². The van der Waals surface area contributed by atoms with Crippen molar-refractivity contribution in [1.82, 2.24) is 0 Å². The van der Waals surface area contributed by atoms with Gasteiger partial charge in [-0.2, -0.15) is 0 Å². The highest BCUT2D eigenvalue weighted by atomic mass is 16.7. The molecule has 0 aromatic rings. The molecule has 2 fully saturated rings. The second-order valence-corrected chi connectivity index (χ2v) is 5.02. The predicted molar refractivity (Wildman–Crippen MR) is 62.7 cm³/mol. The van der Waals surface area contributed by atoms with E-state index in [4.69, 9.17) is 24.7 Å². The van der Waals surface area contributed by atoms with Gasteiger partial charge in [-0.3, -0.25) is 0 Å². The van der Waals surface area contributed by atoms with Gasteiger partial charge in [0.15, 0.2) is 5.79 Å². The van der Waals surface area contributed by atoms with Crippen LogP contribution in [-0.2, 0) is 18.9 Å². The van der Waals surface area contributed by atoms with E-state index in [0.717, 1.165) is 25.7 Å². The zero-order valence-corrected chi connectivity index (χ0v) is 10.6. The molecule has 1 aliphatic carbocycles. The fourth-order valence-electron chi connectivity index (χ4n) is 2.48. The Morgan fingerprint density at radius 3 is 2.29 bits per heavy atom. The Bertz CT molecular complexity index is 231. The lowest BCUT2D eigenvalue weighted by Crippen LogP contribution is -2.52. The van der Waals surface area contributed by atoms with Gasteiger partial charge in [0.05, 0.1) is 33.0 Å². The normalized spacial score (nSPS) is 26.5. The molecule has 1 saturated carbocycles. The standard InChI is InChI=1S/C12H23NO4/c1-14-6-7-15-10-11(13)2-4-12(5-3-11)16-8-9-17-12/h2-10,13H2,1H3. The van der Waals surface area contributed by atoms with Gasteiger partial charge in [-0.05, 0) is 12.8 Å². The summed E-state index contributed by atoms with van der Waals surface area (Å²) < 4.78 is 21.8. The average molecular weight is 245 g/mol. The molecule has 1 spiro atoms. The minimum atomic E-state index is -0.338. The summed E-state index contributed by atoms with van der Waals surface area (Å²) in [6.45, 7) is 3.23. The Balaban J connectivity index is 1.72. The third-order valence-electron chi connectivity index (χ3n) is 3.64. The van der Waals surface area contributed by atoms with Crippen molar-refractivity contribution in [3.8, 4) is 0 Å². The van der Waals surface area contributed by atoms with E-state index in [-0.39, 0.29) is 11.3 Å². The molecule has 2 rings (SSSR count). The van der Waals surface area contributed by atoms with Crippen LogP contribution in [0.25, 0.3) is 0 Å². The summed E-state index contributed by atoms with van der Waals surface area (Å²) in [5.74, 6) is -0.338. The average Bonchev–Trinajstić information content (AvgIpc) is 2.79. The molecule has 1 aliphatic heterocycles. The summed E-state index contributed by atoms with van der Waals surface area (Å²) in [7, 11) is 1.67. The van der Waals surface area contributed by atoms with Crippen LogP contribution >= 0.6 is 0 Å². The summed E-state index contributed by atoms with van der Waals surface area (Å²) in [4.78, 5) is 0. The molecule has 2 N–H and O–H groups in total. The monoisotopic (exact) mass is 245 g/mol. The van der Waals surface area contributed by atoms with E-state index in [1.165, 1.54) is 0 Å². The van der Waals surface area contributed by atoms with Crippen molar-refractivity contribution in [3.05, 3.63) is 0 Å². The zero-order chi connectivity index (χ0) is 12.2. The number of rotatable bonds is 5. The Hall–Kier alpha value is -0.200. The summed E-state index contributed by atoms with van der Waals surface area (Å²) in [6.07, 6.45) is 3.52. The molecule has 17 heavy (non-hydrogen) atoms. The van der Waals surface area contributed by atoms with Crippen molar-refractivity contribution in [2.75, 3.05) is 40.1 Å². The van der Waals surface area contributed by atoms with Gasteiger partial charge in [-0.25, -0.2) is 0 Å². The van der Waals surface area contributed by atoms with E-state index >= 15 is 0 Å². The molecule has 100 valence electrons. The second kappa shape index (κ2) is 5.63. The Morgan fingerprint density at radius 1 is 1.06 bits per heavy atom. The first-order valence-corrected chi connectivity index (χ1v) is 6.32. The van der Waals surface area contributed by atoms with E-state index in [1.54, 1.807) is 7.11 Å². The predicted octanol–water partition coefficient (Wildman–Crippen LogP) is 0.664. The molecular weight excluding hydrogens is 222 g/mol. The molecule has 0 aromatic heterocycles. The first kappa shape index (κ1) is 13.2. The quantitative estimate of drug-likeness (QED) is 0.721. The van der Waals surface area contributed by atoms with Crippen molar-refractivity contribution in [3.63, 3.8) is 0 Å². The van der Waals surface area contributed by atoms with Crippen LogP contribution in [0.5, 0.6) is 0 Å². The number of nitrogens with two attached hydrogens (primary N) is 1. The van der Waals surface area contributed by atoms with E-state index in [1.807, 2.05) is 0 Å². The lowest BCUT2D eigenvalue weighted by atomic mass is 9.80. The van der Waals surface area contributed by atoms with Crippen LogP contribution in [0.4, 0.5) is 0 Å². The maximum absolute atomic E-state index is 6.32. The second-order valence-electron chi connectivity index (χ2n) is 5.02. The third kappa shape index (κ3) is 3.39. The molecule has 5 nitrogen and oxygen atoms in total. The Morgan fingerprint density at radius 2 is 1.71 bits per heavy atom. The van der Waals surface area contributed by atoms with Crippen molar-refractivity contribution in [1.29, 1.82) is 0 Å². The van der Waals surface area contributed by atoms with E-state index in [2.05, 4.69) is 0 Å². The van der Waals surface area contributed by atoms with Gasteiger partial charge in [-0.1, -0.05) is 0 Å². The highest BCUT2D eigenvalue weighted by Gasteiger charge is 2.44. The van der Waals surface area contributed by atoms with E-state index < -0.39 is 0 Å². The molecule has 0 bridgehead atoms. The molecule has 0 radical (unpaired) electrons. The summed E-state index contributed by atoms with van der Waals surface area (Å²) in [5, 5.41) is 0. The molecule has 5 heteroatoms. The lowest BCUT2D eigenvalue weighted by molar-refractivity contribution is -0.187. The van der Waals surface area contributed by atoms with Crippen molar-refractivity contribution < 1.29 is 18.9 Å². The molecule has 0 unspecified atom stereocenters. The van der Waals surface area contributed by atoms with Crippen LogP contribution < -0.4 is 5.73 Å². The van der Waals surface area contributed by atoms with Gasteiger partial charge in [0.1, 0.15) is 0 Å². The Labute approximate surface area is 103 Å². The number of hydrogen-bond donors (Lipinski definition) is 1. The van der Waals surface area contributed by atoms with Crippen molar-refractivity contribution >= 4 is 0 Å². The molecule has 0 amide bonds. The van der Waals surface area contributed by atoms with E-state index in [0.29, 0.717) is 33.0 Å². The molecule has 0 aromatic carbocycles. The zero-order valence-electron chi connectivity index (χ0n) is 10.6. The SMILES string of the molecule is COCCOCC1(N)CCC2(CC1)OCCO2. The van der Waals surface area contributed by atoms with E-state index in [9.17, 15) is 0 Å². The molecule has 0 atom stereocenters. The molecular formula is C12H23NO4. The topological polar surface area (TPSA) is 62.9 Å². The maximum atomic E-state index is 6.32. The van der Waals surface area contributed by atoms with Gasteiger partial charge in [0.2, 0.25) is 0 Å². The molecule has 1 saturated heterocycles. The lowest BCUT2D eigenvalue weighted by Gasteiger charge is -2.41. The van der Waals surface area contributed by atoms with Gasteiger partial charge in [0.25, 0.3) is 0 Å². The van der Waals surface area contributed by atoms with Crippen LogP contribution in [-0.4, -0.2) is 51.5 Å². The van der Waals surface area contributed by atoms with Crippen LogP contribution in [0.3, 0.4) is 0 Å². The highest BCUT2D eigenvalue weighted by molar-refractivity contribution is 4.94. The highest BCUT2D eigenvalue weighted by Crippen LogP contribution is 2.39. The van der Waals surface area contributed by atoms with Crippen LogP contribution in [0, 0.1) is 0 Å². The largest absolute Gasteiger partial charge is 0.382 e. The smallest absolute Gasteiger partial charge is 0.168 e. The van der Waals surface area contributed by atoms with Gasteiger partial charge in [-0.15, -0.1) is 0 Å². The van der Waals surface area contributed by atoms with Gasteiger partial charge in [0, 0.05) is 25.5 Å². The first-order chi connectivity index (χ1) is 8.18. The summed E-state index contributed by atoms with van der Waals surface area (Å²) in [6, 6.07) is 0. The third-order valence-corrected chi connectivity index (χ3v) is 3.64. The minimum Gasteiger partial charge on any atom is -0.382 e. The Kier molecular flexibility index (Phi) is 4.38. The number of ether oxygens (including phenoxy) is 4. The maximum Gasteiger partial charge on any atom is 0.168 e. The number of hydrogen-bond acceptors (Lipinski definition) is 5. The fourth-order valence-corrected chi connectivity index (χ4v) is 2.48. The van der Waals surface area contributed by atoms with Crippen LogP contribution in [0.15, 0.2) is 0 Å². The molecule has 1 heterocycles. The minimum absolute atomic E-state index is 0.228. The first-order valence-electron chi connectivity index (χ1n) is 6.32. The fraction of sp³-hybridized carbons (Fsp3) is 1.00. The number of methoxy groups -OCH3 is 1. The summed E-state index contributed by atoms with van der Waals surface area (Å²) in [5.41, 5.74) is 6.09. The van der Waals surface area contributed by atoms with Gasteiger partial charge >= 0.3 is 0 Å². The van der Waals surface area contributed by atoms with Gasteiger partial charge < -0.3 is 24.7 Å². The molecule has 2 aliphatic rings. The van der Waals surface area contributed by atoms with Crippen molar-refractivity contribution in [2.24, 2.45) is 5.73 Å². The van der Waals surface area contributed by atoms with Crippen molar-refractivity contribution in [2.45, 2.75) is 37.0 Å².